The van der Waals surface area contributed by atoms with E-state index in [0.29, 0.717) is 0 Å². The van der Waals surface area contributed by atoms with Crippen LogP contribution >= 0.6 is 0 Å². The van der Waals surface area contributed by atoms with E-state index in [2.05, 4.69) is 4.74 Å². The lowest BCUT2D eigenvalue weighted by Gasteiger charge is -2.50. The van der Waals surface area contributed by atoms with Crippen LogP contribution in [0.4, 0.5) is 48.3 Å². The molecule has 1 fully saturated rings. The van der Waals surface area contributed by atoms with Gasteiger partial charge in [0.05, 0.1) is 7.11 Å². The molecule has 0 saturated heterocycles. The summed E-state index contributed by atoms with van der Waals surface area (Å²) in [7, 11) is -0.0706. The van der Waals surface area contributed by atoms with Crippen LogP contribution in [0.5, 0.6) is 0 Å². The van der Waals surface area contributed by atoms with Gasteiger partial charge in [-0.1, -0.05) is 0 Å². The van der Waals surface area contributed by atoms with E-state index >= 15 is 0 Å². The summed E-state index contributed by atoms with van der Waals surface area (Å²) < 4.78 is 146. The molecule has 1 aliphatic carbocycles. The summed E-state index contributed by atoms with van der Waals surface area (Å²) in [6, 6.07) is 0. The van der Waals surface area contributed by atoms with Crippen molar-refractivity contribution >= 4 is 5.97 Å². The summed E-state index contributed by atoms with van der Waals surface area (Å²) in [5.41, 5.74) is -6.70. The SMILES string of the molecule is COC(=O)C1(F)C(F)(F)C(F)(F)C(F)(F)C(F)(F)C1(F)F. The summed E-state index contributed by atoms with van der Waals surface area (Å²) in [6.07, 6.45) is 0. The zero-order chi connectivity index (χ0) is 17.3. The first-order valence-corrected chi connectivity index (χ1v) is 4.65. The van der Waals surface area contributed by atoms with Gasteiger partial charge in [-0.15, -0.1) is 0 Å². The molecule has 0 spiro atoms. The highest BCUT2D eigenvalue weighted by molar-refractivity contribution is 5.83. The Balaban J connectivity index is 3.87. The lowest BCUT2D eigenvalue weighted by molar-refractivity contribution is -0.477. The van der Waals surface area contributed by atoms with Crippen LogP contribution in [0.2, 0.25) is 0 Å². The van der Waals surface area contributed by atoms with E-state index in [-0.39, 0.29) is 7.11 Å². The van der Waals surface area contributed by atoms with Crippen molar-refractivity contribution in [1.29, 1.82) is 0 Å². The Labute approximate surface area is 107 Å². The number of methoxy groups -OCH3 is 1. The lowest BCUT2D eigenvalue weighted by Crippen LogP contribution is -2.85. The predicted molar refractivity (Wildman–Crippen MR) is 40.6 cm³/mol. The van der Waals surface area contributed by atoms with Crippen molar-refractivity contribution in [2.45, 2.75) is 35.3 Å². The molecule has 13 heteroatoms. The number of carbonyl (C=O) groups is 1. The second-order valence-corrected chi connectivity index (χ2v) is 4.02. The molecule has 0 aliphatic heterocycles. The van der Waals surface area contributed by atoms with Gasteiger partial charge in [0.1, 0.15) is 0 Å². The van der Waals surface area contributed by atoms with E-state index in [1.54, 1.807) is 0 Å². The van der Waals surface area contributed by atoms with E-state index in [0.717, 1.165) is 0 Å². The lowest BCUT2D eigenvalue weighted by atomic mass is 9.72. The van der Waals surface area contributed by atoms with Crippen molar-refractivity contribution in [2.24, 2.45) is 0 Å². The van der Waals surface area contributed by atoms with Crippen molar-refractivity contribution in [3.8, 4) is 0 Å². The molecule has 0 aromatic rings. The maximum absolute atomic E-state index is 13.6. The van der Waals surface area contributed by atoms with Gasteiger partial charge in [-0.25, -0.2) is 9.18 Å². The van der Waals surface area contributed by atoms with Crippen molar-refractivity contribution < 1.29 is 57.8 Å². The molecule has 2 nitrogen and oxygen atoms in total. The first-order valence-electron chi connectivity index (χ1n) is 4.65. The Morgan fingerprint density at radius 2 is 0.857 bits per heavy atom. The van der Waals surface area contributed by atoms with Crippen LogP contribution in [0, 0.1) is 0 Å². The van der Waals surface area contributed by atoms with Gasteiger partial charge in [0.15, 0.2) is 0 Å². The Kier molecular flexibility index (Phi) is 3.31. The Morgan fingerprint density at radius 1 is 0.619 bits per heavy atom. The van der Waals surface area contributed by atoms with Gasteiger partial charge < -0.3 is 4.74 Å². The fraction of sp³-hybridized carbons (Fsp3) is 0.875. The molecule has 0 unspecified atom stereocenters. The van der Waals surface area contributed by atoms with Gasteiger partial charge in [-0.2, -0.15) is 43.9 Å². The molecule has 0 amide bonds. The van der Waals surface area contributed by atoms with Crippen molar-refractivity contribution in [3.05, 3.63) is 0 Å². The molecule has 1 saturated carbocycles. The molecule has 0 aromatic carbocycles. The zero-order valence-corrected chi connectivity index (χ0v) is 9.47. The smallest absolute Gasteiger partial charge is 0.384 e. The highest BCUT2D eigenvalue weighted by Gasteiger charge is 3.03. The quantitative estimate of drug-likeness (QED) is 0.542. The minimum absolute atomic E-state index is 0.0706. The fourth-order valence-corrected chi connectivity index (χ4v) is 1.62. The molecule has 0 aromatic heterocycles. The third kappa shape index (κ3) is 1.42. The third-order valence-electron chi connectivity index (χ3n) is 2.91. The molecule has 0 atom stereocenters. The van der Waals surface area contributed by atoms with Crippen LogP contribution in [0.3, 0.4) is 0 Å². The first kappa shape index (κ1) is 17.8. The Bertz CT molecular complexity index is 439. The number of esters is 1. The normalized spacial score (nSPS) is 30.5. The van der Waals surface area contributed by atoms with E-state index in [9.17, 15) is 53.1 Å². The van der Waals surface area contributed by atoms with Crippen molar-refractivity contribution in [2.75, 3.05) is 7.11 Å². The maximum Gasteiger partial charge on any atom is 0.384 e. The largest absolute Gasteiger partial charge is 0.466 e. The minimum atomic E-state index is -7.34. The molecule has 0 radical (unpaired) electrons. The number of ether oxygens (including phenoxy) is 1. The van der Waals surface area contributed by atoms with Crippen LogP contribution in [0.15, 0.2) is 0 Å². The van der Waals surface area contributed by atoms with Crippen LogP contribution in [-0.4, -0.2) is 48.4 Å². The molecule has 0 bridgehead atoms. The zero-order valence-electron chi connectivity index (χ0n) is 9.47. The summed E-state index contributed by atoms with van der Waals surface area (Å²) in [6.45, 7) is 0. The average molecular weight is 340 g/mol. The average Bonchev–Trinajstić information content (AvgIpc) is 2.34. The van der Waals surface area contributed by atoms with Crippen LogP contribution in [0.25, 0.3) is 0 Å². The van der Waals surface area contributed by atoms with Gasteiger partial charge in [0, 0.05) is 0 Å². The van der Waals surface area contributed by atoms with Crippen molar-refractivity contribution in [1.82, 2.24) is 0 Å². The molecular weight excluding hydrogens is 337 g/mol. The highest BCUT2D eigenvalue weighted by Crippen LogP contribution is 2.69. The number of hydrogen-bond acceptors (Lipinski definition) is 2. The molecule has 21 heavy (non-hydrogen) atoms. The Hall–Kier alpha value is -1.30. The summed E-state index contributed by atoms with van der Waals surface area (Å²) >= 11 is 0. The van der Waals surface area contributed by atoms with Gasteiger partial charge in [-0.05, 0) is 0 Å². The summed E-state index contributed by atoms with van der Waals surface area (Å²) in [5, 5.41) is 0. The molecule has 0 N–H and O–H groups in total. The van der Waals surface area contributed by atoms with Gasteiger partial charge in [0.2, 0.25) is 0 Å². The van der Waals surface area contributed by atoms with E-state index in [4.69, 9.17) is 0 Å². The monoisotopic (exact) mass is 340 g/mol. The third-order valence-corrected chi connectivity index (χ3v) is 2.91. The van der Waals surface area contributed by atoms with Gasteiger partial charge in [-0.3, -0.25) is 0 Å². The molecule has 1 rings (SSSR count). The standard InChI is InChI=1S/C8H3F11O2/c1-21-2(20)3(9)4(10,11)6(14,15)8(18,19)7(16,17)5(3,12)13/h1H3. The van der Waals surface area contributed by atoms with E-state index in [1.807, 2.05) is 0 Å². The summed E-state index contributed by atoms with van der Waals surface area (Å²) in [4.78, 5) is 10.6. The number of hydrogen-bond donors (Lipinski definition) is 0. The van der Waals surface area contributed by atoms with Crippen LogP contribution < -0.4 is 0 Å². The first-order chi connectivity index (χ1) is 8.98. The topological polar surface area (TPSA) is 26.3 Å². The number of halogens is 11. The van der Waals surface area contributed by atoms with Crippen molar-refractivity contribution in [3.63, 3.8) is 0 Å². The number of alkyl halides is 11. The number of rotatable bonds is 1. The minimum Gasteiger partial charge on any atom is -0.466 e. The molecule has 1 aliphatic rings. The maximum atomic E-state index is 13.6. The number of carbonyl (C=O) groups excluding carboxylic acids is 1. The molecular formula is C8H3F11O2. The van der Waals surface area contributed by atoms with E-state index in [1.165, 1.54) is 0 Å². The Morgan fingerprint density at radius 3 is 1.10 bits per heavy atom. The highest BCUT2D eigenvalue weighted by atomic mass is 19.4. The second kappa shape index (κ2) is 3.91. The van der Waals surface area contributed by atoms with Gasteiger partial charge in [0.25, 0.3) is 0 Å². The fourth-order valence-electron chi connectivity index (χ4n) is 1.62. The van der Waals surface area contributed by atoms with E-state index < -0.39 is 41.3 Å². The van der Waals surface area contributed by atoms with Gasteiger partial charge >= 0.3 is 41.3 Å². The summed E-state index contributed by atoms with van der Waals surface area (Å²) in [5.74, 6) is -39.8. The van der Waals surface area contributed by atoms with Crippen LogP contribution in [0.1, 0.15) is 0 Å². The molecule has 124 valence electrons. The molecule has 0 heterocycles. The second-order valence-electron chi connectivity index (χ2n) is 4.02. The van der Waals surface area contributed by atoms with Crippen LogP contribution in [-0.2, 0) is 9.53 Å². The predicted octanol–water partition coefficient (Wildman–Crippen LogP) is 3.06.